The normalized spacial score (nSPS) is 21.5. The number of hydrogen-bond donors (Lipinski definition) is 1. The van der Waals surface area contributed by atoms with Gasteiger partial charge in [-0.1, -0.05) is 24.8 Å². The Bertz CT molecular complexity index is 687. The fourth-order valence-corrected chi connectivity index (χ4v) is 3.40. The summed E-state index contributed by atoms with van der Waals surface area (Å²) in [5.41, 5.74) is 7.91. The van der Waals surface area contributed by atoms with E-state index in [4.69, 9.17) is 5.73 Å². The van der Waals surface area contributed by atoms with E-state index in [0.717, 1.165) is 43.9 Å². The van der Waals surface area contributed by atoms with Crippen LogP contribution in [0.3, 0.4) is 0 Å². The van der Waals surface area contributed by atoms with Gasteiger partial charge in [0, 0.05) is 32.7 Å². The Morgan fingerprint density at radius 2 is 2.17 bits per heavy atom. The summed E-state index contributed by atoms with van der Waals surface area (Å²) in [7, 11) is 2.04. The van der Waals surface area contributed by atoms with Crippen LogP contribution >= 0.6 is 0 Å². The molecule has 3 rings (SSSR count). The lowest BCUT2D eigenvalue weighted by Crippen LogP contribution is -2.48. The zero-order valence-electron chi connectivity index (χ0n) is 14.3. The third kappa shape index (κ3) is 3.24. The summed E-state index contributed by atoms with van der Waals surface area (Å²) in [5, 5.41) is 9.37. The number of likely N-dealkylation sites (N-methyl/N-ethyl adjacent to an activating group) is 1. The zero-order chi connectivity index (χ0) is 17.1. The van der Waals surface area contributed by atoms with Crippen LogP contribution in [0.25, 0.3) is 0 Å². The van der Waals surface area contributed by atoms with Crippen LogP contribution in [-0.2, 0) is 6.54 Å². The van der Waals surface area contributed by atoms with E-state index in [1.807, 2.05) is 31.3 Å². The number of hydrogen-bond acceptors (Lipinski definition) is 5. The van der Waals surface area contributed by atoms with Gasteiger partial charge in [0.15, 0.2) is 0 Å². The maximum absolute atomic E-state index is 9.37. The van der Waals surface area contributed by atoms with Gasteiger partial charge >= 0.3 is 0 Å². The zero-order valence-corrected chi connectivity index (χ0v) is 14.3. The molecule has 1 atom stereocenters. The van der Waals surface area contributed by atoms with Crippen molar-refractivity contribution in [2.24, 2.45) is 5.73 Å². The maximum Gasteiger partial charge on any atom is 0.108 e. The largest absolute Gasteiger partial charge is 0.358 e. The Morgan fingerprint density at radius 3 is 2.92 bits per heavy atom. The second-order valence-corrected chi connectivity index (χ2v) is 6.56. The molecule has 2 aliphatic heterocycles. The van der Waals surface area contributed by atoms with Crippen LogP contribution in [0.1, 0.15) is 24.0 Å². The lowest BCUT2D eigenvalue weighted by molar-refractivity contribution is 0.151. The van der Waals surface area contributed by atoms with Gasteiger partial charge < -0.3 is 20.4 Å². The third-order valence-electron chi connectivity index (χ3n) is 4.82. The first-order chi connectivity index (χ1) is 11.6. The van der Waals surface area contributed by atoms with Gasteiger partial charge in [0.1, 0.15) is 11.6 Å². The fourth-order valence-electron chi connectivity index (χ4n) is 3.40. The lowest BCUT2D eigenvalue weighted by Gasteiger charge is -2.45. The molecule has 126 valence electrons. The summed E-state index contributed by atoms with van der Waals surface area (Å²) in [6.07, 6.45) is 4.44. The van der Waals surface area contributed by atoms with Crippen LogP contribution in [-0.4, -0.2) is 47.4 Å². The molecule has 5 heteroatoms. The van der Waals surface area contributed by atoms with Crippen LogP contribution in [0, 0.1) is 11.3 Å². The van der Waals surface area contributed by atoms with Gasteiger partial charge in [-0.25, -0.2) is 0 Å². The number of nitrogens with zero attached hydrogens (tertiary/aromatic N) is 4. The molecule has 0 spiro atoms. The second kappa shape index (κ2) is 6.98. The Hall–Kier alpha value is -2.45. The average Bonchev–Trinajstić information content (AvgIpc) is 2.59. The summed E-state index contributed by atoms with van der Waals surface area (Å²) >= 11 is 0. The molecule has 1 aromatic carbocycles. The van der Waals surface area contributed by atoms with Crippen LogP contribution < -0.4 is 5.73 Å². The Labute approximate surface area is 144 Å². The van der Waals surface area contributed by atoms with E-state index < -0.39 is 0 Å². The molecule has 1 fully saturated rings. The molecule has 0 radical (unpaired) electrons. The monoisotopic (exact) mass is 323 g/mol. The van der Waals surface area contributed by atoms with Crippen LogP contribution in [0.4, 0.5) is 0 Å². The molecule has 2 aliphatic rings. The van der Waals surface area contributed by atoms with Gasteiger partial charge in [0.2, 0.25) is 0 Å². The van der Waals surface area contributed by atoms with Crippen LogP contribution in [0.15, 0.2) is 48.6 Å². The molecule has 2 N–H and O–H groups in total. The van der Waals surface area contributed by atoms with Crippen molar-refractivity contribution in [1.29, 1.82) is 5.26 Å². The van der Waals surface area contributed by atoms with Crippen molar-refractivity contribution in [2.45, 2.75) is 25.4 Å². The van der Waals surface area contributed by atoms with Gasteiger partial charge in [0.25, 0.3) is 0 Å². The Balaban J connectivity index is 1.89. The molecule has 2 heterocycles. The van der Waals surface area contributed by atoms with Crippen molar-refractivity contribution in [3.8, 4) is 6.07 Å². The highest BCUT2D eigenvalue weighted by Crippen LogP contribution is 2.28. The third-order valence-corrected chi connectivity index (χ3v) is 4.82. The molecular weight excluding hydrogens is 298 g/mol. The summed E-state index contributed by atoms with van der Waals surface area (Å²) in [4.78, 5) is 6.70. The van der Waals surface area contributed by atoms with Crippen LogP contribution in [0.2, 0.25) is 0 Å². The van der Waals surface area contributed by atoms with Gasteiger partial charge in [-0.15, -0.1) is 0 Å². The van der Waals surface area contributed by atoms with E-state index in [2.05, 4.69) is 33.4 Å². The molecular formula is C19H25N5. The molecule has 5 nitrogen and oxygen atoms in total. The highest BCUT2D eigenvalue weighted by atomic mass is 15.4. The van der Waals surface area contributed by atoms with Crippen molar-refractivity contribution >= 4 is 0 Å². The minimum Gasteiger partial charge on any atom is -0.358 e. The number of rotatable bonds is 3. The summed E-state index contributed by atoms with van der Waals surface area (Å²) in [6.45, 7) is 7.64. The van der Waals surface area contributed by atoms with Gasteiger partial charge in [-0.3, -0.25) is 0 Å². The molecule has 0 bridgehead atoms. The highest BCUT2D eigenvalue weighted by Gasteiger charge is 2.28. The number of likely N-dealkylation sites (tertiary alicyclic amines) is 1. The fraction of sp³-hybridized carbons (Fsp3) is 0.421. The van der Waals surface area contributed by atoms with E-state index in [1.165, 1.54) is 5.82 Å². The molecule has 24 heavy (non-hydrogen) atoms. The lowest BCUT2D eigenvalue weighted by atomic mass is 10.1. The topological polar surface area (TPSA) is 59.5 Å². The molecule has 1 aromatic rings. The van der Waals surface area contributed by atoms with Gasteiger partial charge in [0.05, 0.1) is 18.2 Å². The average molecular weight is 323 g/mol. The van der Waals surface area contributed by atoms with E-state index in [9.17, 15) is 5.26 Å². The number of piperidine rings is 1. The van der Waals surface area contributed by atoms with Crippen LogP contribution in [0.5, 0.6) is 0 Å². The standard InChI is InChI=1S/C19H25N5/c1-15-22(2)11-9-19(23-10-5-8-18(21)14-23)24(15)13-17-7-4-3-6-16(17)12-20/h3-4,6-7,9,18H,1,5,8,10-11,13-14,21H2,2H3. The predicted molar refractivity (Wildman–Crippen MR) is 95.3 cm³/mol. The Morgan fingerprint density at radius 1 is 1.38 bits per heavy atom. The van der Waals surface area contributed by atoms with Gasteiger partial charge in [-0.2, -0.15) is 5.26 Å². The molecule has 0 aromatic heterocycles. The van der Waals surface area contributed by atoms with E-state index in [0.29, 0.717) is 12.1 Å². The molecule has 1 saturated heterocycles. The van der Waals surface area contributed by atoms with E-state index in [1.54, 1.807) is 0 Å². The van der Waals surface area contributed by atoms with E-state index >= 15 is 0 Å². The van der Waals surface area contributed by atoms with Crippen molar-refractivity contribution in [1.82, 2.24) is 14.7 Å². The maximum atomic E-state index is 9.37. The summed E-state index contributed by atoms with van der Waals surface area (Å²) < 4.78 is 0. The smallest absolute Gasteiger partial charge is 0.108 e. The highest BCUT2D eigenvalue weighted by molar-refractivity contribution is 5.38. The molecule has 0 aliphatic carbocycles. The SMILES string of the molecule is C=C1N(C)CC=C(N2CCCC(N)C2)N1Cc1ccccc1C#N. The molecule has 0 saturated carbocycles. The second-order valence-electron chi connectivity index (χ2n) is 6.56. The minimum atomic E-state index is 0.223. The van der Waals surface area contributed by atoms with Crippen molar-refractivity contribution < 1.29 is 0 Å². The molecule has 0 amide bonds. The first-order valence-corrected chi connectivity index (χ1v) is 8.46. The number of nitrogens with two attached hydrogens (primary N) is 1. The number of benzene rings is 1. The molecule has 1 unspecified atom stereocenters. The minimum absolute atomic E-state index is 0.223. The Kier molecular flexibility index (Phi) is 4.77. The van der Waals surface area contributed by atoms with Crippen molar-refractivity contribution in [2.75, 3.05) is 26.7 Å². The predicted octanol–water partition coefficient (Wildman–Crippen LogP) is 2.04. The first kappa shape index (κ1) is 16.4. The van der Waals surface area contributed by atoms with Crippen molar-refractivity contribution in [3.63, 3.8) is 0 Å². The van der Waals surface area contributed by atoms with E-state index in [-0.39, 0.29) is 6.04 Å². The first-order valence-electron chi connectivity index (χ1n) is 8.46. The summed E-state index contributed by atoms with van der Waals surface area (Å²) in [5.74, 6) is 2.13. The quantitative estimate of drug-likeness (QED) is 0.922. The number of nitriles is 1. The summed E-state index contributed by atoms with van der Waals surface area (Å²) in [6, 6.07) is 10.3. The van der Waals surface area contributed by atoms with Crippen molar-refractivity contribution in [3.05, 3.63) is 59.7 Å². The van der Waals surface area contributed by atoms with Gasteiger partial charge in [-0.05, 0) is 30.5 Å².